The van der Waals surface area contributed by atoms with E-state index >= 15 is 0 Å². The number of hydrogen-bond donors (Lipinski definition) is 1. The van der Waals surface area contributed by atoms with Gasteiger partial charge < -0.3 is 5.32 Å². The average Bonchev–Trinajstić information content (AvgIpc) is 2.61. The second kappa shape index (κ2) is 9.43. The highest BCUT2D eigenvalue weighted by Crippen LogP contribution is 2.28. The summed E-state index contributed by atoms with van der Waals surface area (Å²) in [5.41, 5.74) is 3.45. The third kappa shape index (κ3) is 5.97. The number of carbonyl (C=O) groups excluding carboxylic acids is 1. The third-order valence-electron chi connectivity index (χ3n) is 4.63. The zero-order valence-corrected chi connectivity index (χ0v) is 18.3. The van der Waals surface area contributed by atoms with E-state index in [0.29, 0.717) is 22.7 Å². The van der Waals surface area contributed by atoms with Crippen LogP contribution in [-0.2, 0) is 14.8 Å². The lowest BCUT2D eigenvalue weighted by atomic mass is 10.1. The van der Waals surface area contributed by atoms with Crippen molar-refractivity contribution in [1.82, 2.24) is 5.32 Å². The summed E-state index contributed by atoms with van der Waals surface area (Å²) in [6.07, 6.45) is 1.81. The van der Waals surface area contributed by atoms with Crippen molar-refractivity contribution in [3.63, 3.8) is 0 Å². The molecule has 2 rings (SSSR count). The molecule has 0 saturated carbocycles. The van der Waals surface area contributed by atoms with Crippen LogP contribution >= 0.6 is 11.6 Å². The molecule has 0 fully saturated rings. The Morgan fingerprint density at radius 3 is 2.39 bits per heavy atom. The quantitative estimate of drug-likeness (QED) is 0.686. The van der Waals surface area contributed by atoms with E-state index < -0.39 is 10.0 Å². The maximum absolute atomic E-state index is 12.3. The van der Waals surface area contributed by atoms with E-state index in [1.807, 2.05) is 38.1 Å². The van der Waals surface area contributed by atoms with Gasteiger partial charge >= 0.3 is 0 Å². The van der Waals surface area contributed by atoms with Gasteiger partial charge in [-0.1, -0.05) is 47.5 Å². The highest BCUT2D eigenvalue weighted by atomic mass is 35.5. The van der Waals surface area contributed by atoms with Crippen molar-refractivity contribution < 1.29 is 13.2 Å². The third-order valence-corrected chi connectivity index (χ3v) is 6.22. The molecule has 2 aromatic carbocycles. The molecule has 0 bridgehead atoms. The largest absolute Gasteiger partial charge is 0.350 e. The van der Waals surface area contributed by atoms with Crippen LogP contribution in [0.3, 0.4) is 0 Å². The van der Waals surface area contributed by atoms with Crippen molar-refractivity contribution >= 4 is 33.2 Å². The summed E-state index contributed by atoms with van der Waals surface area (Å²) < 4.78 is 25.8. The number of hydrogen-bond acceptors (Lipinski definition) is 3. The van der Waals surface area contributed by atoms with Crippen molar-refractivity contribution in [2.45, 2.75) is 39.7 Å². The zero-order chi connectivity index (χ0) is 20.9. The fourth-order valence-electron chi connectivity index (χ4n) is 2.97. The van der Waals surface area contributed by atoms with Crippen LogP contribution in [0.1, 0.15) is 42.5 Å². The van der Waals surface area contributed by atoms with Crippen molar-refractivity contribution in [2.75, 3.05) is 17.1 Å². The Balaban J connectivity index is 1.97. The number of nitrogens with one attached hydrogen (secondary N) is 1. The first-order chi connectivity index (χ1) is 13.1. The summed E-state index contributed by atoms with van der Waals surface area (Å²) in [4.78, 5) is 12.3. The molecule has 0 aliphatic carbocycles. The van der Waals surface area contributed by atoms with Crippen LogP contribution in [-0.4, -0.2) is 27.1 Å². The van der Waals surface area contributed by atoms with E-state index in [1.165, 1.54) is 9.87 Å². The molecule has 0 radical (unpaired) electrons. The van der Waals surface area contributed by atoms with Crippen molar-refractivity contribution in [2.24, 2.45) is 0 Å². The minimum Gasteiger partial charge on any atom is -0.350 e. The summed E-state index contributed by atoms with van der Waals surface area (Å²) in [6, 6.07) is 13.1. The molecule has 0 saturated heterocycles. The van der Waals surface area contributed by atoms with Gasteiger partial charge in [0.25, 0.3) is 0 Å². The fourth-order valence-corrected chi connectivity index (χ4v) is 4.15. The Kier molecular flexibility index (Phi) is 7.49. The van der Waals surface area contributed by atoms with Crippen LogP contribution in [0.2, 0.25) is 5.02 Å². The minimum absolute atomic E-state index is 0.103. The summed E-state index contributed by atoms with van der Waals surface area (Å²) in [6.45, 7) is 5.95. The van der Waals surface area contributed by atoms with E-state index in [4.69, 9.17) is 11.6 Å². The molecule has 5 nitrogen and oxygen atoms in total. The van der Waals surface area contributed by atoms with E-state index in [2.05, 4.69) is 5.32 Å². The number of rotatable bonds is 8. The molecule has 2 aromatic rings. The molecule has 1 N–H and O–H groups in total. The predicted octanol–water partition coefficient (Wildman–Crippen LogP) is 4.38. The molecular weight excluding hydrogens is 396 g/mol. The van der Waals surface area contributed by atoms with E-state index in [9.17, 15) is 13.2 Å². The molecule has 0 aliphatic heterocycles. The maximum Gasteiger partial charge on any atom is 0.232 e. The number of benzene rings is 2. The molecule has 0 spiro atoms. The lowest BCUT2D eigenvalue weighted by Gasteiger charge is -2.24. The lowest BCUT2D eigenvalue weighted by molar-refractivity contribution is -0.121. The van der Waals surface area contributed by atoms with Crippen LogP contribution < -0.4 is 9.62 Å². The van der Waals surface area contributed by atoms with Crippen LogP contribution in [0.25, 0.3) is 0 Å². The van der Waals surface area contributed by atoms with Crippen LogP contribution in [0.4, 0.5) is 5.69 Å². The molecule has 152 valence electrons. The monoisotopic (exact) mass is 422 g/mol. The first kappa shape index (κ1) is 22.2. The van der Waals surface area contributed by atoms with Crippen molar-refractivity contribution in [1.29, 1.82) is 0 Å². The van der Waals surface area contributed by atoms with Gasteiger partial charge in [0.2, 0.25) is 15.9 Å². The van der Waals surface area contributed by atoms with E-state index in [1.54, 1.807) is 25.1 Å². The van der Waals surface area contributed by atoms with Gasteiger partial charge in [-0.25, -0.2) is 8.42 Å². The topological polar surface area (TPSA) is 66.5 Å². The predicted molar refractivity (Wildman–Crippen MR) is 115 cm³/mol. The zero-order valence-electron chi connectivity index (χ0n) is 16.7. The Bertz CT molecular complexity index is 927. The maximum atomic E-state index is 12.3. The van der Waals surface area contributed by atoms with Gasteiger partial charge in [0, 0.05) is 18.0 Å². The number of carbonyl (C=O) groups is 1. The smallest absolute Gasteiger partial charge is 0.232 e. The van der Waals surface area contributed by atoms with Crippen LogP contribution in [0, 0.1) is 13.8 Å². The Hall–Kier alpha value is -2.05. The normalized spacial score (nSPS) is 12.5. The van der Waals surface area contributed by atoms with Gasteiger partial charge in [-0.3, -0.25) is 9.10 Å². The molecule has 0 aromatic heterocycles. The SMILES string of the molecule is Cc1ccc([C@@H](C)NC(=O)CCCN(c2cccc(Cl)c2C)S(C)(=O)=O)cc1. The van der Waals surface area contributed by atoms with Crippen LogP contribution in [0.5, 0.6) is 0 Å². The van der Waals surface area contributed by atoms with Gasteiger partial charge in [-0.05, 0) is 50.5 Å². The molecule has 28 heavy (non-hydrogen) atoms. The first-order valence-electron chi connectivity index (χ1n) is 9.18. The van der Waals surface area contributed by atoms with E-state index in [0.717, 1.165) is 11.8 Å². The van der Waals surface area contributed by atoms with Gasteiger partial charge in [0.05, 0.1) is 18.0 Å². The Morgan fingerprint density at radius 1 is 1.14 bits per heavy atom. The molecule has 1 amide bonds. The second-order valence-electron chi connectivity index (χ2n) is 7.02. The Morgan fingerprint density at radius 2 is 1.79 bits per heavy atom. The summed E-state index contributed by atoms with van der Waals surface area (Å²) in [7, 11) is -3.48. The van der Waals surface area contributed by atoms with Crippen molar-refractivity contribution in [3.8, 4) is 0 Å². The van der Waals surface area contributed by atoms with Gasteiger partial charge in [-0.2, -0.15) is 0 Å². The molecule has 0 aliphatic rings. The minimum atomic E-state index is -3.48. The van der Waals surface area contributed by atoms with Crippen LogP contribution in [0.15, 0.2) is 42.5 Å². The summed E-state index contributed by atoms with van der Waals surface area (Å²) in [5.74, 6) is -0.107. The van der Waals surface area contributed by atoms with Gasteiger partial charge in [-0.15, -0.1) is 0 Å². The highest BCUT2D eigenvalue weighted by molar-refractivity contribution is 7.92. The molecular formula is C21H27ClN2O3S. The fraction of sp³-hybridized carbons (Fsp3) is 0.381. The molecule has 0 heterocycles. The second-order valence-corrected chi connectivity index (χ2v) is 9.34. The van der Waals surface area contributed by atoms with E-state index in [-0.39, 0.29) is 24.9 Å². The van der Waals surface area contributed by atoms with Gasteiger partial charge in [0.15, 0.2) is 0 Å². The van der Waals surface area contributed by atoms with Gasteiger partial charge in [0.1, 0.15) is 0 Å². The highest BCUT2D eigenvalue weighted by Gasteiger charge is 2.20. The molecule has 7 heteroatoms. The lowest BCUT2D eigenvalue weighted by Crippen LogP contribution is -2.33. The number of anilines is 1. The number of amides is 1. The first-order valence-corrected chi connectivity index (χ1v) is 11.4. The number of halogens is 1. The molecule has 1 atom stereocenters. The van der Waals surface area contributed by atoms with Crippen molar-refractivity contribution in [3.05, 3.63) is 64.2 Å². The number of aryl methyl sites for hydroxylation is 1. The average molecular weight is 423 g/mol. The Labute approximate surface area is 172 Å². The molecule has 0 unspecified atom stereocenters. The summed E-state index contributed by atoms with van der Waals surface area (Å²) >= 11 is 6.13. The standard InChI is InChI=1S/C21H27ClN2O3S/c1-15-10-12-18(13-11-15)17(3)23-21(25)9-6-14-24(28(4,26)27)20-8-5-7-19(22)16(20)2/h5,7-8,10-13,17H,6,9,14H2,1-4H3,(H,23,25)/t17-/m1/s1. The number of nitrogens with zero attached hydrogens (tertiary/aromatic N) is 1. The number of sulfonamides is 1. The summed E-state index contributed by atoms with van der Waals surface area (Å²) in [5, 5.41) is 3.47.